The van der Waals surface area contributed by atoms with E-state index in [0.717, 1.165) is 39.0 Å². The van der Waals surface area contributed by atoms with Gasteiger partial charge in [0.15, 0.2) is 0 Å². The Labute approximate surface area is 117 Å². The molecule has 1 atom stereocenters. The molecular formula is C15H29N3O. The van der Waals surface area contributed by atoms with Crippen molar-refractivity contribution >= 4 is 5.91 Å². The molecule has 0 aromatic heterocycles. The highest BCUT2D eigenvalue weighted by Crippen LogP contribution is 2.21. The van der Waals surface area contributed by atoms with Crippen molar-refractivity contribution in [2.45, 2.75) is 57.4 Å². The molecule has 0 radical (unpaired) electrons. The van der Waals surface area contributed by atoms with Gasteiger partial charge in [0, 0.05) is 19.1 Å². The second-order valence-electron chi connectivity index (χ2n) is 5.99. The molecule has 2 heterocycles. The lowest BCUT2D eigenvalue weighted by molar-refractivity contribution is -0.132. The molecule has 0 aromatic carbocycles. The van der Waals surface area contributed by atoms with Gasteiger partial charge in [-0.1, -0.05) is 12.8 Å². The van der Waals surface area contributed by atoms with Crippen molar-refractivity contribution in [1.82, 2.24) is 9.80 Å². The van der Waals surface area contributed by atoms with Crippen LogP contribution in [0.1, 0.15) is 51.4 Å². The van der Waals surface area contributed by atoms with E-state index < -0.39 is 0 Å². The number of carbonyl (C=O) groups excluding carboxylic acids is 1. The molecule has 4 heteroatoms. The van der Waals surface area contributed by atoms with Crippen LogP contribution >= 0.6 is 0 Å². The Kier molecular flexibility index (Phi) is 6.11. The van der Waals surface area contributed by atoms with E-state index in [9.17, 15) is 4.79 Å². The van der Waals surface area contributed by atoms with Crippen molar-refractivity contribution in [3.05, 3.63) is 0 Å². The van der Waals surface area contributed by atoms with Gasteiger partial charge in [-0.2, -0.15) is 0 Å². The summed E-state index contributed by atoms with van der Waals surface area (Å²) in [6, 6.07) is 0.597. The maximum absolute atomic E-state index is 12.4. The van der Waals surface area contributed by atoms with E-state index in [1.165, 1.54) is 38.5 Å². The third-order valence-electron chi connectivity index (χ3n) is 4.54. The third-order valence-corrected chi connectivity index (χ3v) is 4.54. The molecule has 2 saturated heterocycles. The summed E-state index contributed by atoms with van der Waals surface area (Å²) in [5.41, 5.74) is 5.59. The fourth-order valence-electron chi connectivity index (χ4n) is 3.38. The Bertz CT molecular complexity index is 275. The molecule has 19 heavy (non-hydrogen) atoms. The first-order chi connectivity index (χ1) is 9.31. The van der Waals surface area contributed by atoms with Crippen LogP contribution in [0.25, 0.3) is 0 Å². The van der Waals surface area contributed by atoms with E-state index in [1.807, 2.05) is 0 Å². The minimum absolute atomic E-state index is 0.349. The van der Waals surface area contributed by atoms with E-state index in [0.29, 0.717) is 18.5 Å². The lowest BCUT2D eigenvalue weighted by atomic mass is 10.1. The van der Waals surface area contributed by atoms with E-state index in [-0.39, 0.29) is 0 Å². The average Bonchev–Trinajstić information content (AvgIpc) is 2.67. The summed E-state index contributed by atoms with van der Waals surface area (Å²) in [4.78, 5) is 16.9. The first-order valence-electron chi connectivity index (χ1n) is 8.03. The molecule has 0 saturated carbocycles. The number of amides is 1. The first kappa shape index (κ1) is 14.8. The summed E-state index contributed by atoms with van der Waals surface area (Å²) in [6.45, 7) is 4.44. The average molecular weight is 267 g/mol. The number of rotatable bonds is 5. The molecule has 1 unspecified atom stereocenters. The quantitative estimate of drug-likeness (QED) is 0.823. The van der Waals surface area contributed by atoms with Gasteiger partial charge in [-0.05, 0) is 51.6 Å². The van der Waals surface area contributed by atoms with E-state index in [1.54, 1.807) is 0 Å². The largest absolute Gasteiger partial charge is 0.342 e. The van der Waals surface area contributed by atoms with Crippen LogP contribution in [0.15, 0.2) is 0 Å². The second kappa shape index (κ2) is 7.85. The normalized spacial score (nSPS) is 25.5. The van der Waals surface area contributed by atoms with Crippen LogP contribution in [-0.4, -0.2) is 54.5 Å². The Morgan fingerprint density at radius 3 is 2.47 bits per heavy atom. The predicted molar refractivity (Wildman–Crippen MR) is 77.9 cm³/mol. The smallest absolute Gasteiger partial charge is 0.236 e. The van der Waals surface area contributed by atoms with Gasteiger partial charge in [-0.25, -0.2) is 0 Å². The highest BCUT2D eigenvalue weighted by atomic mass is 16.2. The number of hydrogen-bond acceptors (Lipinski definition) is 3. The van der Waals surface area contributed by atoms with Gasteiger partial charge in [0.1, 0.15) is 0 Å². The lowest BCUT2D eigenvalue weighted by Crippen LogP contribution is -2.42. The number of likely N-dealkylation sites (tertiary alicyclic amines) is 2. The zero-order valence-corrected chi connectivity index (χ0v) is 12.1. The van der Waals surface area contributed by atoms with Crippen LogP contribution in [0.4, 0.5) is 0 Å². The van der Waals surface area contributed by atoms with E-state index >= 15 is 0 Å². The minimum Gasteiger partial charge on any atom is -0.342 e. The van der Waals surface area contributed by atoms with Crippen LogP contribution in [-0.2, 0) is 4.79 Å². The molecule has 2 N–H and O–H groups in total. The van der Waals surface area contributed by atoms with Crippen molar-refractivity contribution in [2.24, 2.45) is 5.73 Å². The van der Waals surface area contributed by atoms with Gasteiger partial charge in [0.2, 0.25) is 5.91 Å². The highest BCUT2D eigenvalue weighted by molar-refractivity contribution is 5.78. The van der Waals surface area contributed by atoms with Crippen LogP contribution in [0.5, 0.6) is 0 Å². The Hall–Kier alpha value is -0.610. The van der Waals surface area contributed by atoms with Gasteiger partial charge in [-0.3, -0.25) is 9.69 Å². The highest BCUT2D eigenvalue weighted by Gasteiger charge is 2.27. The van der Waals surface area contributed by atoms with Crippen LogP contribution in [0.2, 0.25) is 0 Å². The maximum atomic E-state index is 12.4. The van der Waals surface area contributed by atoms with Crippen molar-refractivity contribution < 1.29 is 4.79 Å². The van der Waals surface area contributed by atoms with Crippen molar-refractivity contribution in [2.75, 3.05) is 32.7 Å². The molecule has 0 spiro atoms. The Balaban J connectivity index is 1.79. The summed E-state index contributed by atoms with van der Waals surface area (Å²) in [7, 11) is 0. The minimum atomic E-state index is 0.349. The van der Waals surface area contributed by atoms with Crippen LogP contribution < -0.4 is 5.73 Å². The molecule has 0 aromatic rings. The summed E-state index contributed by atoms with van der Waals surface area (Å²) < 4.78 is 0. The van der Waals surface area contributed by atoms with Gasteiger partial charge in [0.25, 0.3) is 0 Å². The fraction of sp³-hybridized carbons (Fsp3) is 0.933. The number of nitrogens with zero attached hydrogens (tertiary/aromatic N) is 2. The zero-order chi connectivity index (χ0) is 13.5. The predicted octanol–water partition coefficient (Wildman–Crippen LogP) is 1.59. The van der Waals surface area contributed by atoms with Gasteiger partial charge in [0.05, 0.1) is 6.54 Å². The first-order valence-corrected chi connectivity index (χ1v) is 8.03. The second-order valence-corrected chi connectivity index (χ2v) is 5.99. The molecule has 2 aliphatic heterocycles. The summed E-state index contributed by atoms with van der Waals surface area (Å²) in [5, 5.41) is 0. The summed E-state index contributed by atoms with van der Waals surface area (Å²) >= 11 is 0. The number of carbonyl (C=O) groups is 1. The number of hydrogen-bond donors (Lipinski definition) is 1. The molecule has 2 rings (SSSR count). The van der Waals surface area contributed by atoms with Crippen molar-refractivity contribution in [3.63, 3.8) is 0 Å². The van der Waals surface area contributed by atoms with Crippen molar-refractivity contribution in [3.8, 4) is 0 Å². The molecule has 4 nitrogen and oxygen atoms in total. The van der Waals surface area contributed by atoms with E-state index in [2.05, 4.69) is 9.80 Å². The van der Waals surface area contributed by atoms with E-state index in [4.69, 9.17) is 5.73 Å². The topological polar surface area (TPSA) is 49.6 Å². The lowest BCUT2D eigenvalue weighted by Gasteiger charge is -2.27. The maximum Gasteiger partial charge on any atom is 0.236 e. The fourth-order valence-corrected chi connectivity index (χ4v) is 3.38. The zero-order valence-electron chi connectivity index (χ0n) is 12.1. The Morgan fingerprint density at radius 1 is 1.05 bits per heavy atom. The van der Waals surface area contributed by atoms with Gasteiger partial charge >= 0.3 is 0 Å². The third kappa shape index (κ3) is 4.46. The molecular weight excluding hydrogens is 238 g/mol. The molecule has 2 aliphatic rings. The SMILES string of the molecule is NCCCC1CCCN1CC(=O)N1CCCCCC1. The standard InChI is InChI=1S/C15H29N3O/c16-9-5-7-14-8-6-12-18(14)13-15(19)17-10-3-1-2-4-11-17/h14H,1-13,16H2. The molecule has 2 fully saturated rings. The monoisotopic (exact) mass is 267 g/mol. The molecule has 0 aliphatic carbocycles. The van der Waals surface area contributed by atoms with Crippen LogP contribution in [0, 0.1) is 0 Å². The summed E-state index contributed by atoms with van der Waals surface area (Å²) in [6.07, 6.45) is 9.66. The molecule has 1 amide bonds. The molecule has 110 valence electrons. The van der Waals surface area contributed by atoms with Crippen LogP contribution in [0.3, 0.4) is 0 Å². The number of nitrogens with two attached hydrogens (primary N) is 1. The summed E-state index contributed by atoms with van der Waals surface area (Å²) in [5.74, 6) is 0.349. The van der Waals surface area contributed by atoms with Gasteiger partial charge < -0.3 is 10.6 Å². The molecule has 0 bridgehead atoms. The van der Waals surface area contributed by atoms with Gasteiger partial charge in [-0.15, -0.1) is 0 Å². The van der Waals surface area contributed by atoms with Crippen molar-refractivity contribution in [1.29, 1.82) is 0 Å². The Morgan fingerprint density at radius 2 is 1.79 bits per heavy atom.